The lowest BCUT2D eigenvalue weighted by atomic mass is 10.1. The number of benzene rings is 1. The first kappa shape index (κ1) is 12.7. The molecular formula is C13H19ClN2O. The van der Waals surface area contributed by atoms with Gasteiger partial charge in [0.05, 0.1) is 5.02 Å². The molecule has 0 radical (unpaired) electrons. The lowest BCUT2D eigenvalue weighted by molar-refractivity contribution is 0.0994. The summed E-state index contributed by atoms with van der Waals surface area (Å²) >= 11 is 5.91. The van der Waals surface area contributed by atoms with Crippen LogP contribution >= 0.6 is 11.6 Å². The Bertz CT molecular complexity index is 397. The largest absolute Gasteiger partial charge is 0.506 e. The molecule has 0 amide bonds. The van der Waals surface area contributed by atoms with Gasteiger partial charge in [0.15, 0.2) is 0 Å². The molecule has 1 atom stereocenters. The number of rotatable bonds is 2. The number of halogens is 1. The molecule has 0 aromatic heterocycles. The highest BCUT2D eigenvalue weighted by atomic mass is 35.5. The number of phenolic OH excluding ortho intramolecular Hbond substituents is 1. The third-order valence-electron chi connectivity index (χ3n) is 3.51. The van der Waals surface area contributed by atoms with Crippen molar-refractivity contribution in [2.24, 2.45) is 0 Å². The van der Waals surface area contributed by atoms with E-state index in [1.54, 1.807) is 6.07 Å². The number of likely N-dealkylation sites (N-methyl/N-ethyl adjacent to an activating group) is 1. The zero-order chi connectivity index (χ0) is 12.4. The first-order valence-corrected chi connectivity index (χ1v) is 6.34. The standard InChI is InChI=1S/C13H19ClN2O/c1-10-8-16(7-6-15(10)2)9-11-4-3-5-12(14)13(11)17/h3-5,10,17H,6-9H2,1-2H3. The number of hydrogen-bond donors (Lipinski definition) is 1. The summed E-state index contributed by atoms with van der Waals surface area (Å²) in [7, 11) is 2.15. The predicted molar refractivity (Wildman–Crippen MR) is 70.5 cm³/mol. The minimum absolute atomic E-state index is 0.223. The van der Waals surface area contributed by atoms with Crippen LogP contribution < -0.4 is 0 Å². The molecule has 1 heterocycles. The van der Waals surface area contributed by atoms with E-state index in [9.17, 15) is 5.11 Å². The summed E-state index contributed by atoms with van der Waals surface area (Å²) in [6, 6.07) is 6.10. The Morgan fingerprint density at radius 1 is 1.41 bits per heavy atom. The maximum absolute atomic E-state index is 9.88. The van der Waals surface area contributed by atoms with Crippen LogP contribution in [0, 0.1) is 0 Å². The van der Waals surface area contributed by atoms with Crippen LogP contribution in [0.1, 0.15) is 12.5 Å². The topological polar surface area (TPSA) is 26.7 Å². The summed E-state index contributed by atoms with van der Waals surface area (Å²) < 4.78 is 0. The molecule has 0 aliphatic carbocycles. The van der Waals surface area contributed by atoms with Crippen LogP contribution in [0.2, 0.25) is 5.02 Å². The Morgan fingerprint density at radius 3 is 2.88 bits per heavy atom. The molecule has 1 aliphatic heterocycles. The van der Waals surface area contributed by atoms with Gasteiger partial charge in [0.25, 0.3) is 0 Å². The van der Waals surface area contributed by atoms with Crippen LogP contribution in [0.15, 0.2) is 18.2 Å². The number of aromatic hydroxyl groups is 1. The fraction of sp³-hybridized carbons (Fsp3) is 0.538. The maximum Gasteiger partial charge on any atom is 0.138 e. The average Bonchev–Trinajstić information content (AvgIpc) is 2.30. The van der Waals surface area contributed by atoms with E-state index in [1.807, 2.05) is 12.1 Å². The van der Waals surface area contributed by atoms with Crippen molar-refractivity contribution in [1.29, 1.82) is 0 Å². The molecular weight excluding hydrogens is 236 g/mol. The smallest absolute Gasteiger partial charge is 0.138 e. The molecule has 0 spiro atoms. The van der Waals surface area contributed by atoms with Crippen molar-refractivity contribution >= 4 is 11.6 Å². The average molecular weight is 255 g/mol. The van der Waals surface area contributed by atoms with Gasteiger partial charge < -0.3 is 10.0 Å². The van der Waals surface area contributed by atoms with E-state index >= 15 is 0 Å². The Morgan fingerprint density at radius 2 is 2.18 bits per heavy atom. The molecule has 0 bridgehead atoms. The monoisotopic (exact) mass is 254 g/mol. The van der Waals surface area contributed by atoms with E-state index in [0.717, 1.165) is 31.7 Å². The normalized spacial score (nSPS) is 22.9. The van der Waals surface area contributed by atoms with Gasteiger partial charge in [0.2, 0.25) is 0 Å². The van der Waals surface area contributed by atoms with Crippen molar-refractivity contribution in [3.05, 3.63) is 28.8 Å². The second-order valence-electron chi connectivity index (χ2n) is 4.81. The van der Waals surface area contributed by atoms with Crippen molar-refractivity contribution in [2.75, 3.05) is 26.7 Å². The Balaban J connectivity index is 2.04. The predicted octanol–water partition coefficient (Wildman–Crippen LogP) is 2.18. The molecule has 1 unspecified atom stereocenters. The molecule has 3 nitrogen and oxygen atoms in total. The highest BCUT2D eigenvalue weighted by Gasteiger charge is 2.21. The molecule has 1 aliphatic rings. The Kier molecular flexibility index (Phi) is 3.92. The van der Waals surface area contributed by atoms with Gasteiger partial charge in [-0.2, -0.15) is 0 Å². The molecule has 17 heavy (non-hydrogen) atoms. The fourth-order valence-electron chi connectivity index (χ4n) is 2.20. The third-order valence-corrected chi connectivity index (χ3v) is 3.81. The van der Waals surface area contributed by atoms with Crippen molar-refractivity contribution in [1.82, 2.24) is 9.80 Å². The van der Waals surface area contributed by atoms with Crippen LogP contribution in [0.4, 0.5) is 0 Å². The number of nitrogens with zero attached hydrogens (tertiary/aromatic N) is 2. The second-order valence-corrected chi connectivity index (χ2v) is 5.22. The zero-order valence-electron chi connectivity index (χ0n) is 10.4. The SMILES string of the molecule is CC1CN(Cc2cccc(Cl)c2O)CCN1C. The first-order valence-electron chi connectivity index (χ1n) is 5.97. The Labute approximate surface area is 108 Å². The minimum atomic E-state index is 0.223. The summed E-state index contributed by atoms with van der Waals surface area (Å²) in [5, 5.41) is 10.3. The molecule has 94 valence electrons. The zero-order valence-corrected chi connectivity index (χ0v) is 11.1. The van der Waals surface area contributed by atoms with Gasteiger partial charge in [-0.25, -0.2) is 0 Å². The van der Waals surface area contributed by atoms with E-state index in [-0.39, 0.29) is 5.75 Å². The molecule has 1 N–H and O–H groups in total. The van der Waals surface area contributed by atoms with E-state index in [4.69, 9.17) is 11.6 Å². The van der Waals surface area contributed by atoms with Crippen LogP contribution in [0.5, 0.6) is 5.75 Å². The molecule has 2 rings (SSSR count). The molecule has 1 aromatic carbocycles. The van der Waals surface area contributed by atoms with E-state index in [1.165, 1.54) is 0 Å². The quantitative estimate of drug-likeness (QED) is 0.877. The van der Waals surface area contributed by atoms with Gasteiger partial charge >= 0.3 is 0 Å². The maximum atomic E-state index is 9.88. The van der Waals surface area contributed by atoms with Gasteiger partial charge in [0.1, 0.15) is 5.75 Å². The van der Waals surface area contributed by atoms with Crippen molar-refractivity contribution in [2.45, 2.75) is 19.5 Å². The van der Waals surface area contributed by atoms with Crippen LogP contribution in [-0.2, 0) is 6.54 Å². The van der Waals surface area contributed by atoms with Crippen LogP contribution in [0.25, 0.3) is 0 Å². The van der Waals surface area contributed by atoms with Gasteiger partial charge in [-0.3, -0.25) is 4.90 Å². The Hall–Kier alpha value is -0.770. The molecule has 1 aromatic rings. The van der Waals surface area contributed by atoms with Crippen LogP contribution in [-0.4, -0.2) is 47.6 Å². The molecule has 4 heteroatoms. The number of piperazine rings is 1. The van der Waals surface area contributed by atoms with Crippen molar-refractivity contribution in [3.8, 4) is 5.75 Å². The highest BCUT2D eigenvalue weighted by molar-refractivity contribution is 6.32. The third kappa shape index (κ3) is 2.92. The minimum Gasteiger partial charge on any atom is -0.506 e. The van der Waals surface area contributed by atoms with Crippen molar-refractivity contribution in [3.63, 3.8) is 0 Å². The summed E-state index contributed by atoms with van der Waals surface area (Å²) in [6.45, 7) is 6.13. The second kappa shape index (κ2) is 5.25. The first-order chi connectivity index (χ1) is 8.08. The number of para-hydroxylation sites is 1. The lowest BCUT2D eigenvalue weighted by Crippen LogP contribution is -2.49. The summed E-state index contributed by atoms with van der Waals surface area (Å²) in [6.07, 6.45) is 0. The van der Waals surface area contributed by atoms with Gasteiger partial charge in [0, 0.05) is 37.8 Å². The fourth-order valence-corrected chi connectivity index (χ4v) is 2.39. The van der Waals surface area contributed by atoms with Gasteiger partial charge in [-0.15, -0.1) is 0 Å². The van der Waals surface area contributed by atoms with Crippen LogP contribution in [0.3, 0.4) is 0 Å². The highest BCUT2D eigenvalue weighted by Crippen LogP contribution is 2.28. The molecule has 1 saturated heterocycles. The summed E-state index contributed by atoms with van der Waals surface area (Å²) in [5.74, 6) is 0.223. The lowest BCUT2D eigenvalue weighted by Gasteiger charge is -2.37. The summed E-state index contributed by atoms with van der Waals surface area (Å²) in [5.41, 5.74) is 0.911. The summed E-state index contributed by atoms with van der Waals surface area (Å²) in [4.78, 5) is 4.71. The van der Waals surface area contributed by atoms with E-state index in [0.29, 0.717) is 11.1 Å². The van der Waals surface area contributed by atoms with Crippen molar-refractivity contribution < 1.29 is 5.11 Å². The number of hydrogen-bond acceptors (Lipinski definition) is 3. The van der Waals surface area contributed by atoms with Gasteiger partial charge in [-0.1, -0.05) is 23.7 Å². The number of phenols is 1. The molecule has 1 fully saturated rings. The van der Waals surface area contributed by atoms with Gasteiger partial charge in [-0.05, 0) is 20.0 Å². The van der Waals surface area contributed by atoms with E-state index < -0.39 is 0 Å². The molecule has 0 saturated carbocycles. The van der Waals surface area contributed by atoms with E-state index in [2.05, 4.69) is 23.8 Å².